The van der Waals surface area contributed by atoms with Crippen LogP contribution in [0.2, 0.25) is 0 Å². The molecule has 1 aromatic heterocycles. The highest BCUT2D eigenvalue weighted by atomic mass is 19.4. The Morgan fingerprint density at radius 1 is 1.10 bits per heavy atom. The van der Waals surface area contributed by atoms with Crippen molar-refractivity contribution in [3.05, 3.63) is 77.0 Å². The third-order valence-corrected chi connectivity index (χ3v) is 6.33. The quantitative estimate of drug-likeness (QED) is 0.370. The number of nitrogens with zero attached hydrogens (tertiary/aromatic N) is 3. The second kappa shape index (κ2) is 11.4. The number of carbonyl (C=O) groups is 2. The van der Waals surface area contributed by atoms with E-state index in [0.717, 1.165) is 16.8 Å². The van der Waals surface area contributed by atoms with Crippen LogP contribution in [0, 0.1) is 11.6 Å². The Labute approximate surface area is 219 Å². The smallest absolute Gasteiger partial charge is 0.383 e. The Hall–Kier alpha value is -4.04. The van der Waals surface area contributed by atoms with Crippen LogP contribution in [0.1, 0.15) is 27.5 Å². The number of alkyl halides is 3. The van der Waals surface area contributed by atoms with Gasteiger partial charge in [-0.15, -0.1) is 0 Å². The standard InChI is InChI=1S/C25H25F5N6O3/c1-39-10-9-35-12-16(14-7-8-17(26)18(27)11-14)19(13-35)32-24(38)33-23-20(22(31)37)21(25(28,29)30)34-36(23)15-5-3-2-4-6-15/h2-8,11,16,19H,9-10,12-13H2,1H3,(H2,31,37)(H2,32,33,38)/t16-,19+/m0/s1. The highest BCUT2D eigenvalue weighted by Crippen LogP contribution is 2.36. The van der Waals surface area contributed by atoms with E-state index in [1.165, 1.54) is 37.4 Å². The van der Waals surface area contributed by atoms with Crippen molar-refractivity contribution in [3.63, 3.8) is 0 Å². The Bertz CT molecular complexity index is 1350. The summed E-state index contributed by atoms with van der Waals surface area (Å²) in [6.07, 6.45) is -5.04. The second-order valence-electron chi connectivity index (χ2n) is 8.92. The van der Waals surface area contributed by atoms with Gasteiger partial charge < -0.3 is 15.8 Å². The maximum atomic E-state index is 14.0. The first-order chi connectivity index (χ1) is 18.5. The van der Waals surface area contributed by atoms with Crippen molar-refractivity contribution in [2.45, 2.75) is 18.1 Å². The van der Waals surface area contributed by atoms with Gasteiger partial charge in [0.25, 0.3) is 5.91 Å². The zero-order valence-electron chi connectivity index (χ0n) is 20.6. The third-order valence-electron chi connectivity index (χ3n) is 6.33. The fourth-order valence-corrected chi connectivity index (χ4v) is 4.55. The fraction of sp³-hybridized carbons (Fsp3) is 0.320. The summed E-state index contributed by atoms with van der Waals surface area (Å²) in [5, 5.41) is 8.52. The maximum absolute atomic E-state index is 14.0. The molecule has 39 heavy (non-hydrogen) atoms. The first-order valence-corrected chi connectivity index (χ1v) is 11.8. The number of likely N-dealkylation sites (tertiary alicyclic amines) is 1. The average molecular weight is 553 g/mol. The molecule has 1 aliphatic rings. The fourth-order valence-electron chi connectivity index (χ4n) is 4.55. The van der Waals surface area contributed by atoms with Crippen LogP contribution in [0.4, 0.5) is 32.6 Å². The summed E-state index contributed by atoms with van der Waals surface area (Å²) in [7, 11) is 1.52. The molecule has 9 nitrogen and oxygen atoms in total. The van der Waals surface area contributed by atoms with E-state index in [-0.39, 0.29) is 12.2 Å². The van der Waals surface area contributed by atoms with Gasteiger partial charge in [-0.05, 0) is 29.8 Å². The summed E-state index contributed by atoms with van der Waals surface area (Å²) in [6.45, 7) is 1.51. The van der Waals surface area contributed by atoms with Gasteiger partial charge in [-0.2, -0.15) is 18.3 Å². The van der Waals surface area contributed by atoms with Crippen LogP contribution in [0.5, 0.6) is 0 Å². The minimum Gasteiger partial charge on any atom is -0.383 e. The van der Waals surface area contributed by atoms with Crippen molar-refractivity contribution in [3.8, 4) is 5.69 Å². The summed E-state index contributed by atoms with van der Waals surface area (Å²) in [5.74, 6) is -4.57. The molecule has 3 amide bonds. The SMILES string of the molecule is COCCN1C[C@@H](NC(=O)Nc2c(C(N)=O)c(C(F)(F)F)nn2-c2ccccc2)[C@H](c2ccc(F)c(F)c2)C1. The zero-order chi connectivity index (χ0) is 28.3. The number of aromatic nitrogens is 2. The lowest BCUT2D eigenvalue weighted by Gasteiger charge is -2.21. The molecule has 4 rings (SSSR count). The average Bonchev–Trinajstić information content (AvgIpc) is 3.46. The van der Waals surface area contributed by atoms with Gasteiger partial charge in [-0.25, -0.2) is 18.3 Å². The molecule has 2 atom stereocenters. The van der Waals surface area contributed by atoms with E-state index in [0.29, 0.717) is 25.3 Å². The number of amides is 3. The topological polar surface area (TPSA) is 115 Å². The molecule has 14 heteroatoms. The van der Waals surface area contributed by atoms with Gasteiger partial charge in [0.1, 0.15) is 5.56 Å². The van der Waals surface area contributed by atoms with Crippen LogP contribution in [-0.2, 0) is 10.9 Å². The predicted octanol–water partition coefficient (Wildman–Crippen LogP) is 3.50. The number of urea groups is 1. The van der Waals surface area contributed by atoms with Crippen LogP contribution in [-0.4, -0.2) is 66.0 Å². The van der Waals surface area contributed by atoms with Crippen molar-refractivity contribution in [2.24, 2.45) is 5.73 Å². The number of halogens is 5. The van der Waals surface area contributed by atoms with Crippen molar-refractivity contribution in [1.29, 1.82) is 0 Å². The molecule has 0 radical (unpaired) electrons. The molecule has 1 fully saturated rings. The maximum Gasteiger partial charge on any atom is 0.436 e. The Kier molecular flexibility index (Phi) is 8.16. The molecule has 208 valence electrons. The van der Waals surface area contributed by atoms with Crippen LogP contribution in [0.25, 0.3) is 5.69 Å². The van der Waals surface area contributed by atoms with E-state index in [4.69, 9.17) is 10.5 Å². The summed E-state index contributed by atoms with van der Waals surface area (Å²) < 4.78 is 74.6. The van der Waals surface area contributed by atoms with Crippen LogP contribution < -0.4 is 16.4 Å². The number of ether oxygens (including phenoxy) is 1. The van der Waals surface area contributed by atoms with Gasteiger partial charge in [-0.1, -0.05) is 24.3 Å². The number of hydrogen-bond donors (Lipinski definition) is 3. The molecular formula is C25H25F5N6O3. The van der Waals surface area contributed by atoms with E-state index in [1.54, 1.807) is 6.07 Å². The van der Waals surface area contributed by atoms with Crippen molar-refractivity contribution in [2.75, 3.05) is 38.7 Å². The highest BCUT2D eigenvalue weighted by Gasteiger charge is 2.42. The van der Waals surface area contributed by atoms with E-state index in [1.807, 2.05) is 4.90 Å². The molecule has 0 saturated carbocycles. The minimum absolute atomic E-state index is 0.136. The molecular weight excluding hydrogens is 527 g/mol. The highest BCUT2D eigenvalue weighted by molar-refractivity contribution is 6.03. The van der Waals surface area contributed by atoms with Gasteiger partial charge in [0, 0.05) is 32.7 Å². The number of para-hydroxylation sites is 1. The first kappa shape index (κ1) is 28.0. The molecule has 4 N–H and O–H groups in total. The Balaban J connectivity index is 1.66. The molecule has 0 aliphatic carbocycles. The van der Waals surface area contributed by atoms with Gasteiger partial charge in [0.05, 0.1) is 18.3 Å². The molecule has 2 heterocycles. The van der Waals surface area contributed by atoms with E-state index < -0.39 is 58.8 Å². The van der Waals surface area contributed by atoms with Crippen LogP contribution in [0.3, 0.4) is 0 Å². The molecule has 1 aliphatic heterocycles. The Morgan fingerprint density at radius 3 is 2.44 bits per heavy atom. The normalized spacial score (nSPS) is 17.8. The van der Waals surface area contributed by atoms with Gasteiger partial charge in [-0.3, -0.25) is 15.0 Å². The number of methoxy groups -OCH3 is 1. The molecule has 1 saturated heterocycles. The number of primary amides is 1. The number of nitrogens with two attached hydrogens (primary N) is 1. The van der Waals surface area contributed by atoms with Gasteiger partial charge >= 0.3 is 12.2 Å². The largest absolute Gasteiger partial charge is 0.436 e. The van der Waals surface area contributed by atoms with Gasteiger partial charge in [0.2, 0.25) is 0 Å². The van der Waals surface area contributed by atoms with Gasteiger partial charge in [0.15, 0.2) is 23.1 Å². The monoisotopic (exact) mass is 552 g/mol. The lowest BCUT2D eigenvalue weighted by atomic mass is 9.94. The molecule has 0 spiro atoms. The minimum atomic E-state index is -5.04. The number of nitrogens with one attached hydrogen (secondary N) is 2. The number of hydrogen-bond acceptors (Lipinski definition) is 5. The number of carbonyl (C=O) groups excluding carboxylic acids is 2. The number of rotatable bonds is 8. The van der Waals surface area contributed by atoms with E-state index in [9.17, 15) is 31.5 Å². The molecule has 2 aromatic carbocycles. The zero-order valence-corrected chi connectivity index (χ0v) is 20.6. The lowest BCUT2D eigenvalue weighted by Crippen LogP contribution is -2.43. The number of benzene rings is 2. The van der Waals surface area contributed by atoms with E-state index in [2.05, 4.69) is 15.7 Å². The molecule has 0 bridgehead atoms. The van der Waals surface area contributed by atoms with Crippen LogP contribution in [0.15, 0.2) is 48.5 Å². The van der Waals surface area contributed by atoms with Crippen molar-refractivity contribution >= 4 is 17.8 Å². The number of anilines is 1. The summed E-state index contributed by atoms with van der Waals surface area (Å²) >= 11 is 0. The summed E-state index contributed by atoms with van der Waals surface area (Å²) in [5.41, 5.74) is 3.28. The second-order valence-corrected chi connectivity index (χ2v) is 8.92. The third kappa shape index (κ3) is 6.17. The Morgan fingerprint density at radius 2 is 1.82 bits per heavy atom. The molecule has 3 aromatic rings. The van der Waals surface area contributed by atoms with Crippen LogP contribution >= 0.6 is 0 Å². The lowest BCUT2D eigenvalue weighted by molar-refractivity contribution is -0.141. The summed E-state index contributed by atoms with van der Waals surface area (Å²) in [6, 6.07) is 9.40. The predicted molar refractivity (Wildman–Crippen MR) is 130 cm³/mol. The first-order valence-electron chi connectivity index (χ1n) is 11.8. The van der Waals surface area contributed by atoms with E-state index >= 15 is 0 Å². The summed E-state index contributed by atoms with van der Waals surface area (Å²) in [4.78, 5) is 27.2. The van der Waals surface area contributed by atoms with Crippen molar-refractivity contribution < 1.29 is 36.3 Å². The van der Waals surface area contributed by atoms with Crippen molar-refractivity contribution in [1.82, 2.24) is 20.0 Å². The molecule has 0 unspecified atom stereocenters.